The zero-order valence-electron chi connectivity index (χ0n) is 15.3. The maximum absolute atomic E-state index is 12.9. The lowest BCUT2D eigenvalue weighted by Gasteiger charge is -2.31. The van der Waals surface area contributed by atoms with E-state index in [2.05, 4.69) is 15.2 Å². The number of fused-ring (bicyclic) bond motifs is 1. The first-order valence-corrected chi connectivity index (χ1v) is 9.23. The van der Waals surface area contributed by atoms with Crippen molar-refractivity contribution >= 4 is 40.4 Å². The van der Waals surface area contributed by atoms with Crippen molar-refractivity contribution in [2.45, 2.75) is 6.92 Å². The van der Waals surface area contributed by atoms with Gasteiger partial charge in [-0.2, -0.15) is 0 Å². The van der Waals surface area contributed by atoms with E-state index in [0.717, 1.165) is 17.1 Å². The Balaban J connectivity index is 1.66. The molecular weight excluding hydrogens is 376 g/mol. The number of aryl methyl sites for hydroxylation is 1. The fourth-order valence-corrected chi connectivity index (χ4v) is 3.22. The number of amides is 1. The van der Waals surface area contributed by atoms with Crippen LogP contribution in [-0.2, 0) is 0 Å². The van der Waals surface area contributed by atoms with Gasteiger partial charge in [0.1, 0.15) is 12.4 Å². The number of nitrogens with two attached hydrogens (primary N) is 1. The number of hydrogen-bond donors (Lipinski definition) is 2. The number of para-hydroxylation sites is 1. The SMILES string of the molecule is Cc1ccc(N2CCOc3c(C(=O)Nc4ccc(Cl)c(N)c4)cccc32)nc1. The first kappa shape index (κ1) is 18.1. The fourth-order valence-electron chi connectivity index (χ4n) is 3.10. The molecule has 1 aromatic heterocycles. The number of nitrogen functional groups attached to an aromatic ring is 1. The van der Waals surface area contributed by atoms with Crippen LogP contribution in [0.4, 0.5) is 22.9 Å². The molecule has 0 fully saturated rings. The molecule has 0 saturated heterocycles. The fraction of sp³-hybridized carbons (Fsp3) is 0.143. The maximum atomic E-state index is 12.9. The van der Waals surface area contributed by atoms with Gasteiger partial charge in [-0.1, -0.05) is 23.7 Å². The summed E-state index contributed by atoms with van der Waals surface area (Å²) in [5, 5.41) is 3.29. The molecule has 142 valence electrons. The number of pyridine rings is 1. The highest BCUT2D eigenvalue weighted by Crippen LogP contribution is 2.38. The van der Waals surface area contributed by atoms with Crippen LogP contribution in [0.15, 0.2) is 54.7 Å². The van der Waals surface area contributed by atoms with E-state index < -0.39 is 0 Å². The van der Waals surface area contributed by atoms with Gasteiger partial charge in [0.2, 0.25) is 0 Å². The lowest BCUT2D eigenvalue weighted by atomic mass is 10.1. The highest BCUT2D eigenvalue weighted by molar-refractivity contribution is 6.33. The summed E-state index contributed by atoms with van der Waals surface area (Å²) in [6, 6.07) is 14.4. The van der Waals surface area contributed by atoms with E-state index in [1.165, 1.54) is 0 Å². The molecule has 4 rings (SSSR count). The normalized spacial score (nSPS) is 12.9. The number of ether oxygens (including phenoxy) is 1. The Morgan fingerprint density at radius 1 is 1.25 bits per heavy atom. The molecule has 0 aliphatic carbocycles. The third-order valence-electron chi connectivity index (χ3n) is 4.52. The van der Waals surface area contributed by atoms with Crippen LogP contribution in [-0.4, -0.2) is 24.0 Å². The molecule has 0 atom stereocenters. The van der Waals surface area contributed by atoms with Crippen LogP contribution in [0.3, 0.4) is 0 Å². The minimum atomic E-state index is -0.280. The van der Waals surface area contributed by atoms with Crippen molar-refractivity contribution in [3.05, 3.63) is 70.9 Å². The summed E-state index contributed by atoms with van der Waals surface area (Å²) in [4.78, 5) is 19.4. The van der Waals surface area contributed by atoms with Crippen LogP contribution < -0.4 is 20.7 Å². The molecule has 2 heterocycles. The summed E-state index contributed by atoms with van der Waals surface area (Å²) < 4.78 is 5.86. The highest BCUT2D eigenvalue weighted by Gasteiger charge is 2.25. The number of carbonyl (C=O) groups is 1. The van der Waals surface area contributed by atoms with Gasteiger partial charge in [-0.05, 0) is 48.9 Å². The van der Waals surface area contributed by atoms with Crippen molar-refractivity contribution in [2.24, 2.45) is 0 Å². The van der Waals surface area contributed by atoms with Gasteiger partial charge < -0.3 is 20.7 Å². The van der Waals surface area contributed by atoms with Gasteiger partial charge in [0, 0.05) is 11.9 Å². The molecule has 0 radical (unpaired) electrons. The second-order valence-corrected chi connectivity index (χ2v) is 6.95. The number of nitrogens with zero attached hydrogens (tertiary/aromatic N) is 2. The molecule has 0 spiro atoms. The van der Waals surface area contributed by atoms with Crippen LogP contribution in [0, 0.1) is 6.92 Å². The monoisotopic (exact) mass is 394 g/mol. The van der Waals surface area contributed by atoms with Crippen LogP contribution in [0.2, 0.25) is 5.02 Å². The third-order valence-corrected chi connectivity index (χ3v) is 4.86. The number of anilines is 4. The Hall–Kier alpha value is -3.25. The number of hydrogen-bond acceptors (Lipinski definition) is 5. The average Bonchev–Trinajstić information content (AvgIpc) is 2.70. The summed E-state index contributed by atoms with van der Waals surface area (Å²) in [5.41, 5.74) is 9.14. The van der Waals surface area contributed by atoms with Crippen molar-refractivity contribution in [2.75, 3.05) is 29.1 Å². The molecule has 1 amide bonds. The Morgan fingerprint density at radius 3 is 2.86 bits per heavy atom. The first-order valence-electron chi connectivity index (χ1n) is 8.85. The van der Waals surface area contributed by atoms with E-state index in [1.807, 2.05) is 37.4 Å². The van der Waals surface area contributed by atoms with Crippen molar-refractivity contribution in [3.8, 4) is 5.75 Å². The third kappa shape index (κ3) is 3.46. The van der Waals surface area contributed by atoms with Gasteiger partial charge in [0.05, 0.1) is 28.5 Å². The molecule has 28 heavy (non-hydrogen) atoms. The Morgan fingerprint density at radius 2 is 2.11 bits per heavy atom. The van der Waals surface area contributed by atoms with Crippen LogP contribution in [0.25, 0.3) is 0 Å². The second-order valence-electron chi connectivity index (χ2n) is 6.54. The molecule has 0 saturated carbocycles. The molecule has 1 aliphatic heterocycles. The van der Waals surface area contributed by atoms with Crippen LogP contribution in [0.1, 0.15) is 15.9 Å². The van der Waals surface area contributed by atoms with Gasteiger partial charge in [-0.15, -0.1) is 0 Å². The van der Waals surface area contributed by atoms with E-state index in [9.17, 15) is 4.79 Å². The molecule has 0 unspecified atom stereocenters. The standard InChI is InChI=1S/C21H19ClN4O2/c1-13-5-8-19(24-12-13)26-9-10-28-20-15(3-2-4-18(20)26)21(27)25-14-6-7-16(22)17(23)11-14/h2-8,11-12H,9-10,23H2,1H3,(H,25,27). The van der Waals surface area contributed by atoms with E-state index in [4.69, 9.17) is 22.1 Å². The van der Waals surface area contributed by atoms with Crippen LogP contribution >= 0.6 is 11.6 Å². The predicted molar refractivity (Wildman–Crippen MR) is 112 cm³/mol. The van der Waals surface area contributed by atoms with Gasteiger partial charge in [-0.25, -0.2) is 4.98 Å². The topological polar surface area (TPSA) is 80.5 Å². The van der Waals surface area contributed by atoms with Crippen LogP contribution in [0.5, 0.6) is 5.75 Å². The summed E-state index contributed by atoms with van der Waals surface area (Å²) in [7, 11) is 0. The largest absolute Gasteiger partial charge is 0.489 e. The molecule has 6 nitrogen and oxygen atoms in total. The molecular formula is C21H19ClN4O2. The molecule has 3 aromatic rings. The number of nitrogens with one attached hydrogen (secondary N) is 1. The Kier molecular flexibility index (Phi) is 4.79. The van der Waals surface area contributed by atoms with E-state index in [-0.39, 0.29) is 5.91 Å². The Bertz CT molecular complexity index is 1040. The van der Waals surface area contributed by atoms with E-state index in [1.54, 1.807) is 24.3 Å². The lowest BCUT2D eigenvalue weighted by Crippen LogP contribution is -2.30. The van der Waals surface area contributed by atoms with Crippen molar-refractivity contribution in [3.63, 3.8) is 0 Å². The number of rotatable bonds is 3. The lowest BCUT2D eigenvalue weighted by molar-refractivity contribution is 0.102. The highest BCUT2D eigenvalue weighted by atomic mass is 35.5. The molecule has 7 heteroatoms. The smallest absolute Gasteiger partial charge is 0.259 e. The maximum Gasteiger partial charge on any atom is 0.259 e. The quantitative estimate of drug-likeness (QED) is 0.643. The Labute approximate surface area is 167 Å². The molecule has 3 N–H and O–H groups in total. The zero-order valence-corrected chi connectivity index (χ0v) is 16.0. The van der Waals surface area contributed by atoms with E-state index >= 15 is 0 Å². The van der Waals surface area contributed by atoms with Crippen molar-refractivity contribution < 1.29 is 9.53 Å². The predicted octanol–water partition coefficient (Wildman–Crippen LogP) is 4.41. The number of carbonyl (C=O) groups excluding carboxylic acids is 1. The summed E-state index contributed by atoms with van der Waals surface area (Å²) in [5.74, 6) is 1.08. The van der Waals surface area contributed by atoms with Gasteiger partial charge in [0.25, 0.3) is 5.91 Å². The minimum Gasteiger partial charge on any atom is -0.489 e. The molecule has 2 aromatic carbocycles. The van der Waals surface area contributed by atoms with E-state index in [0.29, 0.717) is 40.9 Å². The number of benzene rings is 2. The number of aromatic nitrogens is 1. The summed E-state index contributed by atoms with van der Waals surface area (Å²) >= 11 is 5.94. The summed E-state index contributed by atoms with van der Waals surface area (Å²) in [6.45, 7) is 3.11. The van der Waals surface area contributed by atoms with Gasteiger partial charge >= 0.3 is 0 Å². The summed E-state index contributed by atoms with van der Waals surface area (Å²) in [6.07, 6.45) is 1.83. The first-order chi connectivity index (χ1) is 13.5. The minimum absolute atomic E-state index is 0.280. The average molecular weight is 395 g/mol. The van der Waals surface area contributed by atoms with Crippen molar-refractivity contribution in [1.82, 2.24) is 4.98 Å². The zero-order chi connectivity index (χ0) is 19.7. The van der Waals surface area contributed by atoms with Gasteiger partial charge in [0.15, 0.2) is 5.75 Å². The second kappa shape index (κ2) is 7.40. The molecule has 1 aliphatic rings. The van der Waals surface area contributed by atoms with Crippen molar-refractivity contribution in [1.29, 1.82) is 0 Å². The molecule has 0 bridgehead atoms. The number of halogens is 1. The van der Waals surface area contributed by atoms with Gasteiger partial charge in [-0.3, -0.25) is 4.79 Å².